The molecular weight excluding hydrogens is 187 g/mol. The predicted molar refractivity (Wildman–Crippen MR) is 44.6 cm³/mol. The molecule has 1 aliphatic rings. The van der Waals surface area contributed by atoms with E-state index in [1.54, 1.807) is 0 Å². The first-order valence-electron chi connectivity index (χ1n) is 3.50. The first-order chi connectivity index (χ1) is 5.04. The molecule has 0 spiro atoms. The highest BCUT2D eigenvalue weighted by Crippen LogP contribution is 2.19. The monoisotopic (exact) mass is 197 g/mol. The molecule has 1 saturated heterocycles. The van der Waals surface area contributed by atoms with Crippen LogP contribution in [0.3, 0.4) is 0 Å². The van der Waals surface area contributed by atoms with Crippen LogP contribution in [0.15, 0.2) is 0 Å². The van der Waals surface area contributed by atoms with Crippen molar-refractivity contribution in [1.82, 2.24) is 4.90 Å². The van der Waals surface area contributed by atoms with Gasteiger partial charge in [0, 0.05) is 24.7 Å². The van der Waals surface area contributed by atoms with E-state index in [2.05, 4.69) is 4.90 Å². The second-order valence-electron chi connectivity index (χ2n) is 2.87. The van der Waals surface area contributed by atoms with Crippen LogP contribution in [0.1, 0.15) is 0 Å². The summed E-state index contributed by atoms with van der Waals surface area (Å²) in [7, 11) is 2.00. The van der Waals surface area contributed by atoms with Crippen molar-refractivity contribution in [3.8, 4) is 0 Å². The lowest BCUT2D eigenvalue weighted by atomic mass is 10.3. The second-order valence-corrected chi connectivity index (χ2v) is 3.84. The molecule has 64 valence electrons. The van der Waals surface area contributed by atoms with Crippen LogP contribution in [0.5, 0.6) is 0 Å². The van der Waals surface area contributed by atoms with Crippen molar-refractivity contribution in [3.63, 3.8) is 0 Å². The molecule has 1 rings (SSSR count). The third-order valence-corrected chi connectivity index (χ3v) is 2.89. The van der Waals surface area contributed by atoms with Crippen molar-refractivity contribution < 1.29 is 8.80 Å². The standard InChI is InChI=1S/C6H11Cl2N2O/c1-9-2-4-10(8,5-3-9)6(7)11/h2-5H2,1H3/q+1. The van der Waals surface area contributed by atoms with Crippen LogP contribution in [-0.2, 0) is 0 Å². The third kappa shape index (κ3) is 2.06. The summed E-state index contributed by atoms with van der Waals surface area (Å²) in [5.41, 5.74) is 0. The summed E-state index contributed by atoms with van der Waals surface area (Å²) in [5, 5.41) is -0.472. The van der Waals surface area contributed by atoms with Gasteiger partial charge in [-0.25, -0.2) is 4.79 Å². The van der Waals surface area contributed by atoms with Gasteiger partial charge < -0.3 is 0 Å². The maximum absolute atomic E-state index is 10.8. The fraction of sp³-hybridized carbons (Fsp3) is 0.833. The van der Waals surface area contributed by atoms with Gasteiger partial charge in [-0.1, -0.05) is 0 Å². The molecule has 5 heteroatoms. The lowest BCUT2D eigenvalue weighted by Crippen LogP contribution is -2.53. The molecule has 3 nitrogen and oxygen atoms in total. The van der Waals surface area contributed by atoms with E-state index in [0.717, 1.165) is 13.1 Å². The second kappa shape index (κ2) is 3.27. The average Bonchev–Trinajstić information content (AvgIpc) is 1.95. The van der Waals surface area contributed by atoms with Crippen LogP contribution in [0.4, 0.5) is 4.79 Å². The van der Waals surface area contributed by atoms with Gasteiger partial charge in [0.05, 0.1) is 0 Å². The van der Waals surface area contributed by atoms with Crippen molar-refractivity contribution in [1.29, 1.82) is 0 Å². The third-order valence-electron chi connectivity index (χ3n) is 1.99. The van der Waals surface area contributed by atoms with E-state index in [9.17, 15) is 4.79 Å². The van der Waals surface area contributed by atoms with Crippen molar-refractivity contribution in [3.05, 3.63) is 0 Å². The SMILES string of the molecule is CN1CC[N+](Cl)(C(=O)Cl)CC1. The van der Waals surface area contributed by atoms with Crippen molar-refractivity contribution in [2.75, 3.05) is 33.2 Å². The van der Waals surface area contributed by atoms with Gasteiger partial charge >= 0.3 is 5.37 Å². The smallest absolute Gasteiger partial charge is 0.295 e. The maximum Gasteiger partial charge on any atom is 0.429 e. The summed E-state index contributed by atoms with van der Waals surface area (Å²) in [5.74, 6) is 0. The van der Waals surface area contributed by atoms with Gasteiger partial charge in [-0.15, -0.1) is 4.00 Å². The number of carbonyl (C=O) groups is 1. The normalized spacial score (nSPS) is 25.0. The number of piperazine rings is 1. The van der Waals surface area contributed by atoms with Gasteiger partial charge in [-0.3, -0.25) is 4.90 Å². The Bertz CT molecular complexity index is 166. The van der Waals surface area contributed by atoms with Crippen LogP contribution in [0.2, 0.25) is 0 Å². The Morgan fingerprint density at radius 2 is 1.91 bits per heavy atom. The fourth-order valence-corrected chi connectivity index (χ4v) is 1.38. The highest BCUT2D eigenvalue weighted by Gasteiger charge is 2.37. The Morgan fingerprint density at radius 1 is 1.45 bits per heavy atom. The number of carbonyl (C=O) groups excluding carboxylic acids is 1. The molecule has 1 fully saturated rings. The molecule has 11 heavy (non-hydrogen) atoms. The molecule has 0 N–H and O–H groups in total. The Labute approximate surface area is 76.2 Å². The zero-order valence-electron chi connectivity index (χ0n) is 6.39. The summed E-state index contributed by atoms with van der Waals surface area (Å²) < 4.78 is -0.147. The minimum atomic E-state index is -0.472. The van der Waals surface area contributed by atoms with Crippen LogP contribution in [-0.4, -0.2) is 47.5 Å². The maximum atomic E-state index is 10.8. The van der Waals surface area contributed by atoms with Gasteiger partial charge in [0.1, 0.15) is 13.1 Å². The Morgan fingerprint density at radius 3 is 2.27 bits per heavy atom. The Hall–Kier alpha value is 0.170. The molecule has 0 radical (unpaired) electrons. The molecule has 0 saturated carbocycles. The molecule has 1 aliphatic heterocycles. The van der Waals surface area contributed by atoms with Crippen molar-refractivity contribution in [2.45, 2.75) is 0 Å². The number of likely N-dealkylation sites (N-methyl/N-ethyl adjacent to an activating group) is 1. The van der Waals surface area contributed by atoms with E-state index >= 15 is 0 Å². The van der Waals surface area contributed by atoms with Crippen LogP contribution in [0, 0.1) is 0 Å². The van der Waals surface area contributed by atoms with Gasteiger partial charge in [0.15, 0.2) is 11.8 Å². The minimum Gasteiger partial charge on any atom is -0.295 e. The van der Waals surface area contributed by atoms with E-state index in [0.29, 0.717) is 13.1 Å². The zero-order valence-corrected chi connectivity index (χ0v) is 7.90. The summed E-state index contributed by atoms with van der Waals surface area (Å²) in [6, 6.07) is 0. The largest absolute Gasteiger partial charge is 0.429 e. The fourth-order valence-electron chi connectivity index (χ4n) is 1.06. The van der Waals surface area contributed by atoms with E-state index in [4.69, 9.17) is 23.4 Å². The number of hydrogen-bond donors (Lipinski definition) is 0. The van der Waals surface area contributed by atoms with E-state index in [1.807, 2.05) is 7.05 Å². The summed E-state index contributed by atoms with van der Waals surface area (Å²) in [6.07, 6.45) is 0. The number of nitrogens with zero attached hydrogens (tertiary/aromatic N) is 2. The van der Waals surface area contributed by atoms with Crippen LogP contribution >= 0.6 is 23.4 Å². The molecule has 1 heterocycles. The van der Waals surface area contributed by atoms with E-state index in [1.165, 1.54) is 0 Å². The number of quaternary nitrogens is 1. The first-order valence-corrected chi connectivity index (χ1v) is 4.21. The minimum absolute atomic E-state index is 0.147. The van der Waals surface area contributed by atoms with Gasteiger partial charge in [-0.2, -0.15) is 0 Å². The summed E-state index contributed by atoms with van der Waals surface area (Å²) in [6.45, 7) is 2.84. The summed E-state index contributed by atoms with van der Waals surface area (Å²) in [4.78, 5) is 12.9. The average molecular weight is 198 g/mol. The summed E-state index contributed by atoms with van der Waals surface area (Å²) >= 11 is 11.2. The number of rotatable bonds is 0. The molecule has 0 atom stereocenters. The lowest BCUT2D eigenvalue weighted by Gasteiger charge is -2.32. The van der Waals surface area contributed by atoms with Crippen LogP contribution in [0.25, 0.3) is 0 Å². The quantitative estimate of drug-likeness (QED) is 0.332. The Kier molecular flexibility index (Phi) is 2.75. The molecule has 0 aromatic heterocycles. The number of halogens is 2. The predicted octanol–water partition coefficient (Wildman–Crippen LogP) is 1.26. The molecule has 0 aromatic rings. The molecule has 0 aliphatic carbocycles. The first kappa shape index (κ1) is 9.26. The molecule has 0 aromatic carbocycles. The van der Waals surface area contributed by atoms with Gasteiger partial charge in [0.2, 0.25) is 0 Å². The number of amides is 1. The van der Waals surface area contributed by atoms with Gasteiger partial charge in [-0.05, 0) is 7.05 Å². The van der Waals surface area contributed by atoms with E-state index in [-0.39, 0.29) is 4.00 Å². The topological polar surface area (TPSA) is 20.3 Å². The molecule has 0 bridgehead atoms. The highest BCUT2D eigenvalue weighted by atomic mass is 35.5. The highest BCUT2D eigenvalue weighted by molar-refractivity contribution is 6.62. The molecule has 0 unspecified atom stereocenters. The van der Waals surface area contributed by atoms with Crippen molar-refractivity contribution >= 4 is 28.7 Å². The van der Waals surface area contributed by atoms with E-state index < -0.39 is 5.37 Å². The van der Waals surface area contributed by atoms with Crippen molar-refractivity contribution in [2.24, 2.45) is 0 Å². The molecule has 1 amide bonds. The van der Waals surface area contributed by atoms with Crippen LogP contribution < -0.4 is 0 Å². The lowest BCUT2D eigenvalue weighted by molar-refractivity contribution is -0.730. The van der Waals surface area contributed by atoms with Gasteiger partial charge in [0.25, 0.3) is 0 Å². The zero-order chi connectivity index (χ0) is 8.48. The molecular formula is C6H11Cl2N2O+. The number of hydrogen-bond acceptors (Lipinski definition) is 2. The Balaban J connectivity index is 2.55.